The van der Waals surface area contributed by atoms with Gasteiger partial charge in [-0.2, -0.15) is 0 Å². The summed E-state index contributed by atoms with van der Waals surface area (Å²) in [7, 11) is 2.73. The molecule has 0 radical (unpaired) electrons. The van der Waals surface area contributed by atoms with Gasteiger partial charge in [0.1, 0.15) is 17.1 Å². The highest BCUT2D eigenvalue weighted by molar-refractivity contribution is 6.39. The number of benzene rings is 3. The van der Waals surface area contributed by atoms with Crippen LogP contribution in [0.5, 0.6) is 11.5 Å². The number of carbonyl (C=O) groups is 5. The Morgan fingerprint density at radius 1 is 0.949 bits per heavy atom. The molecule has 1 aliphatic heterocycles. The largest absolute Gasteiger partial charge is 0.495 e. The second kappa shape index (κ2) is 11.7. The molecule has 0 aliphatic carbocycles. The van der Waals surface area contributed by atoms with Gasteiger partial charge in [0.05, 0.1) is 31.2 Å². The van der Waals surface area contributed by atoms with Crippen molar-refractivity contribution in [3.63, 3.8) is 0 Å². The molecule has 0 spiro atoms. The van der Waals surface area contributed by atoms with Gasteiger partial charge in [-0.15, -0.1) is 0 Å². The average Bonchev–Trinajstić information content (AvgIpc) is 2.94. The van der Waals surface area contributed by atoms with Crippen molar-refractivity contribution in [1.82, 2.24) is 5.32 Å². The number of carbonyl (C=O) groups excluding carboxylic acids is 5. The predicted octanol–water partition coefficient (Wildman–Crippen LogP) is 3.17. The zero-order chi connectivity index (χ0) is 27.9. The van der Waals surface area contributed by atoms with Crippen LogP contribution in [-0.4, -0.2) is 50.5 Å². The molecule has 0 saturated carbocycles. The molecule has 0 aromatic heterocycles. The minimum Gasteiger partial charge on any atom is -0.495 e. The summed E-state index contributed by atoms with van der Waals surface area (Å²) in [6, 6.07) is 18.0. The number of para-hydroxylation sites is 2. The Morgan fingerprint density at radius 3 is 2.41 bits per heavy atom. The van der Waals surface area contributed by atoms with Crippen LogP contribution >= 0.6 is 0 Å². The summed E-state index contributed by atoms with van der Waals surface area (Å²) in [6.45, 7) is -0.304. The smallest absolute Gasteiger partial charge is 0.337 e. The van der Waals surface area contributed by atoms with Crippen LogP contribution in [0.4, 0.5) is 16.2 Å². The van der Waals surface area contributed by atoms with Crippen molar-refractivity contribution in [2.24, 2.45) is 0 Å². The second-order valence-corrected chi connectivity index (χ2v) is 8.11. The van der Waals surface area contributed by atoms with Gasteiger partial charge in [0.25, 0.3) is 17.7 Å². The molecule has 1 saturated heterocycles. The van der Waals surface area contributed by atoms with E-state index in [2.05, 4.69) is 15.4 Å². The molecule has 1 heterocycles. The van der Waals surface area contributed by atoms with E-state index in [0.29, 0.717) is 22.7 Å². The number of anilines is 2. The molecule has 0 bridgehead atoms. The van der Waals surface area contributed by atoms with E-state index < -0.39 is 29.7 Å². The van der Waals surface area contributed by atoms with E-state index in [1.165, 1.54) is 50.6 Å². The minimum absolute atomic E-state index is 0.154. The van der Waals surface area contributed by atoms with Crippen molar-refractivity contribution in [3.8, 4) is 11.5 Å². The molecule has 0 unspecified atom stereocenters. The number of nitrogens with one attached hydrogen (secondary N) is 2. The van der Waals surface area contributed by atoms with E-state index in [1.54, 1.807) is 42.5 Å². The molecule has 3 aromatic carbocycles. The fraction of sp³-hybridized carbons (Fsp3) is 0.107. The zero-order valence-electron chi connectivity index (χ0n) is 20.9. The first kappa shape index (κ1) is 26.6. The van der Waals surface area contributed by atoms with Gasteiger partial charge in [0.2, 0.25) is 0 Å². The summed E-state index contributed by atoms with van der Waals surface area (Å²) in [6.07, 6.45) is 1.31. The Balaban J connectivity index is 1.48. The lowest BCUT2D eigenvalue weighted by Gasteiger charge is -2.26. The molecule has 1 aliphatic rings. The Hall–Kier alpha value is -5.45. The van der Waals surface area contributed by atoms with Gasteiger partial charge in [-0.1, -0.05) is 24.3 Å². The van der Waals surface area contributed by atoms with Crippen molar-refractivity contribution >= 4 is 47.2 Å². The van der Waals surface area contributed by atoms with Gasteiger partial charge in [-0.3, -0.25) is 19.7 Å². The topological polar surface area (TPSA) is 140 Å². The minimum atomic E-state index is -0.925. The van der Waals surface area contributed by atoms with Gasteiger partial charge >= 0.3 is 12.0 Å². The number of amides is 5. The molecule has 198 valence electrons. The highest BCUT2D eigenvalue weighted by atomic mass is 16.5. The molecule has 2 N–H and O–H groups in total. The van der Waals surface area contributed by atoms with Gasteiger partial charge in [-0.25, -0.2) is 14.5 Å². The summed E-state index contributed by atoms with van der Waals surface area (Å²) in [4.78, 5) is 62.9. The van der Waals surface area contributed by atoms with E-state index in [-0.39, 0.29) is 23.4 Å². The number of hydrogen-bond acceptors (Lipinski definition) is 8. The highest BCUT2D eigenvalue weighted by Crippen LogP contribution is 2.25. The third kappa shape index (κ3) is 6.10. The summed E-state index contributed by atoms with van der Waals surface area (Å²) in [5.74, 6) is -1.90. The average molecular weight is 530 g/mol. The number of methoxy groups -OCH3 is 2. The van der Waals surface area contributed by atoms with E-state index in [9.17, 15) is 24.0 Å². The summed E-state index contributed by atoms with van der Waals surface area (Å²) in [5.41, 5.74) is 1.00. The zero-order valence-corrected chi connectivity index (χ0v) is 20.9. The Kier molecular flexibility index (Phi) is 8.00. The molecule has 3 aromatic rings. The third-order valence-electron chi connectivity index (χ3n) is 5.57. The van der Waals surface area contributed by atoms with Crippen LogP contribution in [0.2, 0.25) is 0 Å². The predicted molar refractivity (Wildman–Crippen MR) is 140 cm³/mol. The number of rotatable bonds is 8. The standard InChI is InChI=1S/C28H23N3O8/c1-37-23-9-4-3-8-22(23)29-24(32)16-39-20-7-5-6-17(14-20)15-21-25(33)30-28(36)31(26(21)34)19-12-10-18(11-13-19)27(35)38-2/h3-15H,16H2,1-2H3,(H,29,32)(H,30,33,36)/b21-15-. The van der Waals surface area contributed by atoms with Crippen molar-refractivity contribution in [3.05, 3.63) is 89.5 Å². The molecular formula is C28H23N3O8. The first-order valence-electron chi connectivity index (χ1n) is 11.6. The van der Waals surface area contributed by atoms with Crippen molar-refractivity contribution in [1.29, 1.82) is 0 Å². The first-order valence-corrected chi connectivity index (χ1v) is 11.6. The van der Waals surface area contributed by atoms with E-state index >= 15 is 0 Å². The van der Waals surface area contributed by atoms with E-state index in [1.807, 2.05) is 0 Å². The lowest BCUT2D eigenvalue weighted by molar-refractivity contribution is -0.122. The Morgan fingerprint density at radius 2 is 1.69 bits per heavy atom. The molecule has 4 rings (SSSR count). The maximum Gasteiger partial charge on any atom is 0.337 e. The fourth-order valence-corrected chi connectivity index (χ4v) is 3.70. The van der Waals surface area contributed by atoms with Crippen LogP contribution < -0.4 is 25.0 Å². The summed E-state index contributed by atoms with van der Waals surface area (Å²) in [5, 5.41) is 4.84. The SMILES string of the molecule is COC(=O)c1ccc(N2C(=O)NC(=O)/C(=C/c3cccc(OCC(=O)Nc4ccccc4OC)c3)C2=O)cc1. The molecule has 11 nitrogen and oxygen atoms in total. The third-order valence-corrected chi connectivity index (χ3v) is 5.57. The van der Waals surface area contributed by atoms with E-state index in [4.69, 9.17) is 9.47 Å². The maximum atomic E-state index is 13.1. The van der Waals surface area contributed by atoms with Gasteiger partial charge in [-0.05, 0) is 60.2 Å². The molecule has 0 atom stereocenters. The van der Waals surface area contributed by atoms with Gasteiger partial charge in [0, 0.05) is 0 Å². The quantitative estimate of drug-likeness (QED) is 0.258. The number of esters is 1. The normalized spacial score (nSPS) is 14.1. The van der Waals surface area contributed by atoms with Crippen molar-refractivity contribution < 1.29 is 38.2 Å². The number of ether oxygens (including phenoxy) is 3. The van der Waals surface area contributed by atoms with Crippen molar-refractivity contribution in [2.45, 2.75) is 0 Å². The Bertz CT molecular complexity index is 1480. The fourth-order valence-electron chi connectivity index (χ4n) is 3.70. The molecular weight excluding hydrogens is 506 g/mol. The van der Waals surface area contributed by atoms with E-state index in [0.717, 1.165) is 4.90 Å². The molecule has 1 fully saturated rings. The molecule has 5 amide bonds. The van der Waals surface area contributed by atoms with Crippen LogP contribution in [0.15, 0.2) is 78.4 Å². The molecule has 39 heavy (non-hydrogen) atoms. The lowest BCUT2D eigenvalue weighted by Crippen LogP contribution is -2.54. The number of nitrogens with zero attached hydrogens (tertiary/aromatic N) is 1. The lowest BCUT2D eigenvalue weighted by atomic mass is 10.1. The summed E-state index contributed by atoms with van der Waals surface area (Å²) < 4.78 is 15.4. The van der Waals surface area contributed by atoms with Crippen LogP contribution in [0.1, 0.15) is 15.9 Å². The van der Waals surface area contributed by atoms with Crippen molar-refractivity contribution in [2.75, 3.05) is 31.0 Å². The number of urea groups is 1. The molecule has 11 heteroatoms. The van der Waals surface area contributed by atoms with Crippen LogP contribution in [0.25, 0.3) is 6.08 Å². The number of barbiturate groups is 1. The second-order valence-electron chi connectivity index (χ2n) is 8.11. The van der Waals surface area contributed by atoms with Crippen LogP contribution in [0, 0.1) is 0 Å². The van der Waals surface area contributed by atoms with Crippen LogP contribution in [-0.2, 0) is 19.1 Å². The van der Waals surface area contributed by atoms with Gasteiger partial charge < -0.3 is 19.5 Å². The number of imide groups is 2. The monoisotopic (exact) mass is 529 g/mol. The first-order chi connectivity index (χ1) is 18.8. The maximum absolute atomic E-state index is 13.1. The summed E-state index contributed by atoms with van der Waals surface area (Å²) >= 11 is 0. The Labute approximate surface area is 223 Å². The highest BCUT2D eigenvalue weighted by Gasteiger charge is 2.36. The van der Waals surface area contributed by atoms with Crippen LogP contribution in [0.3, 0.4) is 0 Å². The number of hydrogen-bond donors (Lipinski definition) is 2. The van der Waals surface area contributed by atoms with Gasteiger partial charge in [0.15, 0.2) is 6.61 Å².